The lowest BCUT2D eigenvalue weighted by Gasteiger charge is -2.23. The number of phenolic OH excluding ortho intramolecular Hbond substituents is 1. The molecule has 1 saturated carbocycles. The van der Waals surface area contributed by atoms with Crippen molar-refractivity contribution in [3.05, 3.63) is 27.3 Å². The van der Waals surface area contributed by atoms with Crippen LogP contribution in [0.25, 0.3) is 0 Å². The lowest BCUT2D eigenvalue weighted by Crippen LogP contribution is -2.37. The Kier molecular flexibility index (Phi) is 5.39. The van der Waals surface area contributed by atoms with E-state index in [0.29, 0.717) is 18.9 Å². The Balaban J connectivity index is 2.57. The molecule has 0 saturated heterocycles. The third-order valence-corrected chi connectivity index (χ3v) is 4.11. The number of methoxy groups -OCH3 is 1. The van der Waals surface area contributed by atoms with Gasteiger partial charge in [-0.2, -0.15) is 13.2 Å². The van der Waals surface area contributed by atoms with Gasteiger partial charge < -0.3 is 15.2 Å². The van der Waals surface area contributed by atoms with E-state index in [1.807, 2.05) is 0 Å². The summed E-state index contributed by atoms with van der Waals surface area (Å²) in [7, 11) is 0.959. The molecule has 1 amide bonds. The summed E-state index contributed by atoms with van der Waals surface area (Å²) in [6.45, 7) is 0. The van der Waals surface area contributed by atoms with Crippen LogP contribution in [0.4, 0.5) is 18.9 Å². The second-order valence-corrected chi connectivity index (χ2v) is 5.76. The highest BCUT2D eigenvalue weighted by Gasteiger charge is 2.43. The first-order valence-corrected chi connectivity index (χ1v) is 7.63. The fourth-order valence-corrected chi connectivity index (χ4v) is 2.93. The third kappa shape index (κ3) is 3.94. The number of nitrogens with one attached hydrogen (secondary N) is 1. The summed E-state index contributed by atoms with van der Waals surface area (Å²) in [6.07, 6.45) is -1.28. The van der Waals surface area contributed by atoms with Gasteiger partial charge in [0, 0.05) is 6.04 Å². The molecule has 1 fully saturated rings. The van der Waals surface area contributed by atoms with E-state index in [4.69, 9.17) is 0 Å². The van der Waals surface area contributed by atoms with E-state index in [9.17, 15) is 33.2 Å². The van der Waals surface area contributed by atoms with E-state index in [1.54, 1.807) is 0 Å². The maximum atomic E-state index is 13.3. The zero-order valence-corrected chi connectivity index (χ0v) is 13.4. The summed E-state index contributed by atoms with van der Waals surface area (Å²) in [4.78, 5) is 22.4. The molecule has 138 valence electrons. The number of amides is 1. The molecule has 1 aliphatic rings. The SMILES string of the molecule is COc1cc(C(F)(F)F)c(C(=O)NC2CCCCC2)c([N+](=O)[O-])c1O. The molecule has 0 aliphatic heterocycles. The number of alkyl halides is 3. The summed E-state index contributed by atoms with van der Waals surface area (Å²) in [6, 6.07) is 0.0316. The van der Waals surface area contributed by atoms with Crippen LogP contribution in [0.3, 0.4) is 0 Å². The molecule has 1 aromatic carbocycles. The molecule has 0 bridgehead atoms. The van der Waals surface area contributed by atoms with Crippen LogP contribution in [0.5, 0.6) is 11.5 Å². The minimum Gasteiger partial charge on any atom is -0.499 e. The second kappa shape index (κ2) is 7.16. The van der Waals surface area contributed by atoms with E-state index < -0.39 is 45.3 Å². The molecule has 0 aromatic heterocycles. The van der Waals surface area contributed by atoms with Crippen molar-refractivity contribution in [2.75, 3.05) is 7.11 Å². The number of halogens is 3. The molecule has 1 aliphatic carbocycles. The predicted octanol–water partition coefficient (Wildman–Crippen LogP) is 3.39. The monoisotopic (exact) mass is 362 g/mol. The minimum atomic E-state index is -5.04. The standard InChI is InChI=1S/C15H17F3N2O5/c1-25-10-7-9(15(16,17)18)11(12(13(10)21)20(23)24)14(22)19-8-5-3-2-4-6-8/h7-8,21H,2-6H2,1H3,(H,19,22). The number of rotatable bonds is 4. The first-order chi connectivity index (χ1) is 11.7. The predicted molar refractivity (Wildman–Crippen MR) is 80.7 cm³/mol. The molecule has 0 atom stereocenters. The normalized spacial score (nSPS) is 15.7. The van der Waals surface area contributed by atoms with Crippen LogP contribution in [0.1, 0.15) is 48.0 Å². The van der Waals surface area contributed by atoms with Crippen LogP contribution in [0, 0.1) is 10.1 Å². The van der Waals surface area contributed by atoms with Gasteiger partial charge in [0.2, 0.25) is 5.75 Å². The Bertz CT molecular complexity index is 685. The van der Waals surface area contributed by atoms with Gasteiger partial charge in [0.1, 0.15) is 5.56 Å². The number of aromatic hydroxyl groups is 1. The van der Waals surface area contributed by atoms with Crippen molar-refractivity contribution in [2.24, 2.45) is 0 Å². The molecule has 0 unspecified atom stereocenters. The van der Waals surface area contributed by atoms with Crippen molar-refractivity contribution in [3.63, 3.8) is 0 Å². The van der Waals surface area contributed by atoms with Crippen molar-refractivity contribution < 1.29 is 32.7 Å². The number of nitro benzene ring substituents is 1. The summed E-state index contributed by atoms with van der Waals surface area (Å²) in [5, 5.41) is 23.5. The van der Waals surface area contributed by atoms with E-state index in [1.165, 1.54) is 0 Å². The van der Waals surface area contributed by atoms with Gasteiger partial charge in [-0.15, -0.1) is 0 Å². The van der Waals surface area contributed by atoms with Gasteiger partial charge in [0.05, 0.1) is 17.6 Å². The van der Waals surface area contributed by atoms with Crippen molar-refractivity contribution in [1.29, 1.82) is 0 Å². The van der Waals surface area contributed by atoms with Gasteiger partial charge in [-0.1, -0.05) is 19.3 Å². The molecule has 25 heavy (non-hydrogen) atoms. The molecule has 0 heterocycles. The number of phenols is 1. The first-order valence-electron chi connectivity index (χ1n) is 7.63. The Morgan fingerprint density at radius 2 is 1.96 bits per heavy atom. The quantitative estimate of drug-likeness (QED) is 0.631. The first kappa shape index (κ1) is 18.8. The zero-order valence-electron chi connectivity index (χ0n) is 13.4. The van der Waals surface area contributed by atoms with Crippen molar-refractivity contribution in [3.8, 4) is 11.5 Å². The Morgan fingerprint density at radius 3 is 2.44 bits per heavy atom. The highest BCUT2D eigenvalue weighted by atomic mass is 19.4. The van der Waals surface area contributed by atoms with Gasteiger partial charge >= 0.3 is 11.9 Å². The Morgan fingerprint density at radius 1 is 1.36 bits per heavy atom. The molecular formula is C15H17F3N2O5. The highest BCUT2D eigenvalue weighted by Crippen LogP contribution is 2.45. The van der Waals surface area contributed by atoms with Crippen LogP contribution < -0.4 is 10.1 Å². The van der Waals surface area contributed by atoms with Crippen molar-refractivity contribution >= 4 is 11.6 Å². The van der Waals surface area contributed by atoms with Crippen LogP contribution in [-0.2, 0) is 6.18 Å². The maximum Gasteiger partial charge on any atom is 0.417 e. The number of hydrogen-bond acceptors (Lipinski definition) is 5. The number of hydrogen-bond donors (Lipinski definition) is 2. The van der Waals surface area contributed by atoms with Crippen LogP contribution >= 0.6 is 0 Å². The van der Waals surface area contributed by atoms with E-state index in [0.717, 1.165) is 26.4 Å². The number of benzene rings is 1. The number of carbonyl (C=O) groups is 1. The van der Waals surface area contributed by atoms with E-state index in [2.05, 4.69) is 10.1 Å². The number of nitrogens with zero attached hydrogens (tertiary/aromatic N) is 1. The van der Waals surface area contributed by atoms with Gasteiger partial charge in [0.15, 0.2) is 5.75 Å². The number of ether oxygens (including phenoxy) is 1. The van der Waals surface area contributed by atoms with Crippen LogP contribution in [0.15, 0.2) is 6.07 Å². The largest absolute Gasteiger partial charge is 0.499 e. The second-order valence-electron chi connectivity index (χ2n) is 5.76. The van der Waals surface area contributed by atoms with E-state index >= 15 is 0 Å². The van der Waals surface area contributed by atoms with Gasteiger partial charge in [-0.05, 0) is 18.9 Å². The average Bonchev–Trinajstić information content (AvgIpc) is 2.53. The molecular weight excluding hydrogens is 345 g/mol. The fraction of sp³-hybridized carbons (Fsp3) is 0.533. The smallest absolute Gasteiger partial charge is 0.417 e. The molecule has 7 nitrogen and oxygen atoms in total. The van der Waals surface area contributed by atoms with Crippen molar-refractivity contribution in [2.45, 2.75) is 44.3 Å². The topological polar surface area (TPSA) is 102 Å². The molecule has 0 spiro atoms. The van der Waals surface area contributed by atoms with Gasteiger partial charge in [-0.3, -0.25) is 14.9 Å². The third-order valence-electron chi connectivity index (χ3n) is 4.11. The van der Waals surface area contributed by atoms with Crippen molar-refractivity contribution in [1.82, 2.24) is 5.32 Å². The lowest BCUT2D eigenvalue weighted by atomic mass is 9.94. The van der Waals surface area contributed by atoms with E-state index in [-0.39, 0.29) is 6.04 Å². The Labute approximate surface area is 140 Å². The zero-order chi connectivity index (χ0) is 18.8. The maximum absolute atomic E-state index is 13.3. The van der Waals surface area contributed by atoms with Crippen LogP contribution in [0.2, 0.25) is 0 Å². The fourth-order valence-electron chi connectivity index (χ4n) is 2.93. The molecule has 1 aromatic rings. The summed E-state index contributed by atoms with van der Waals surface area (Å²) < 4.78 is 44.6. The molecule has 2 rings (SSSR count). The lowest BCUT2D eigenvalue weighted by molar-refractivity contribution is -0.386. The van der Waals surface area contributed by atoms with Gasteiger partial charge in [-0.25, -0.2) is 0 Å². The molecule has 0 radical (unpaired) electrons. The minimum absolute atomic E-state index is 0.355. The van der Waals surface area contributed by atoms with Gasteiger partial charge in [0.25, 0.3) is 5.91 Å². The summed E-state index contributed by atoms with van der Waals surface area (Å²) in [5.74, 6) is -3.08. The Hall–Kier alpha value is -2.52. The molecule has 10 heteroatoms. The summed E-state index contributed by atoms with van der Waals surface area (Å²) in [5.41, 5.74) is -4.05. The summed E-state index contributed by atoms with van der Waals surface area (Å²) >= 11 is 0. The molecule has 2 N–H and O–H groups in total. The van der Waals surface area contributed by atoms with Crippen LogP contribution in [-0.4, -0.2) is 29.1 Å². The average molecular weight is 362 g/mol. The number of nitro groups is 1. The number of carbonyl (C=O) groups excluding carboxylic acids is 1. The highest BCUT2D eigenvalue weighted by molar-refractivity contribution is 6.01.